The maximum Gasteiger partial charge on any atom is 1.00 e. The van der Waals surface area contributed by atoms with Crippen LogP contribution >= 0.6 is 15.9 Å². The van der Waals surface area contributed by atoms with Crippen molar-refractivity contribution in [2.75, 3.05) is 0 Å². The average molecular weight is 199 g/mol. The van der Waals surface area contributed by atoms with Crippen LogP contribution in [0.2, 0.25) is 0 Å². The first-order valence-electron chi connectivity index (χ1n) is 1.24. The molecule has 0 aliphatic carbocycles. The van der Waals surface area contributed by atoms with Crippen LogP contribution in [0.25, 0.3) is 0 Å². The molecule has 44 valence electrons. The smallest absolute Gasteiger partial charge is 1.00 e. The largest absolute Gasteiger partial charge is 1.00 e. The summed E-state index contributed by atoms with van der Waals surface area (Å²) in [5.74, 6) is -2.17. The number of hydrogen-bond acceptors (Lipinski definition) is 1. The number of aliphatic carboxylic acids is 1. The van der Waals surface area contributed by atoms with E-state index in [2.05, 4.69) is 0 Å². The maximum atomic E-state index is 11.2. The zero-order chi connectivity index (χ0) is 6.08. The summed E-state index contributed by atoms with van der Waals surface area (Å²) in [5.41, 5.74) is 0. The Morgan fingerprint density at radius 1 is 1.75 bits per heavy atom. The summed E-state index contributed by atoms with van der Waals surface area (Å²) in [7, 11) is 0. The zero-order valence-electron chi connectivity index (χ0n) is 4.99. The van der Waals surface area contributed by atoms with Gasteiger partial charge in [-0.15, -0.1) is 0 Å². The van der Waals surface area contributed by atoms with E-state index >= 15 is 0 Å². The van der Waals surface area contributed by atoms with E-state index < -0.39 is 10.8 Å². The Kier molecular flexibility index (Phi) is 5.45. The molecule has 0 aromatic rings. The van der Waals surface area contributed by atoms with Crippen molar-refractivity contribution >= 4 is 21.9 Å². The summed E-state index contributed by atoms with van der Waals surface area (Å²) >= 11 is 1.61. The van der Waals surface area contributed by atoms with E-state index in [1.165, 1.54) is 0 Å². The number of rotatable bonds is 1. The number of alkyl halides is 3. The van der Waals surface area contributed by atoms with Gasteiger partial charge in [-0.25, -0.2) is 4.79 Å². The van der Waals surface area contributed by atoms with E-state index in [1.54, 1.807) is 15.9 Å². The zero-order valence-corrected chi connectivity index (χ0v) is 7.58. The molecule has 0 unspecified atom stereocenters. The predicted molar refractivity (Wildman–Crippen MR) is 22.6 cm³/mol. The van der Waals surface area contributed by atoms with Gasteiger partial charge in [-0.2, -0.15) is 8.78 Å². The first kappa shape index (κ1) is 11.6. The Balaban J connectivity index is -0.000000180. The van der Waals surface area contributed by atoms with Gasteiger partial charge in [0.2, 0.25) is 0 Å². The van der Waals surface area contributed by atoms with E-state index in [4.69, 9.17) is 5.11 Å². The topological polar surface area (TPSA) is 37.3 Å². The van der Waals surface area contributed by atoms with Crippen LogP contribution < -0.4 is 29.6 Å². The molecule has 0 saturated carbocycles. The molecule has 0 aromatic carbocycles. The van der Waals surface area contributed by atoms with Gasteiger partial charge in [-0.05, 0) is 0 Å². The van der Waals surface area contributed by atoms with Gasteiger partial charge < -0.3 is 6.53 Å². The minimum atomic E-state index is -3.77. The fourth-order valence-electron chi connectivity index (χ4n) is 0. The summed E-state index contributed by atoms with van der Waals surface area (Å²) in [4.78, 5) is 5.45. The minimum Gasteiger partial charge on any atom is -1.00 e. The van der Waals surface area contributed by atoms with Gasteiger partial charge in [0.15, 0.2) is 0 Å². The SMILES string of the molecule is O=C(O)C(F)(F)Br.[H-].[Na+]. The third kappa shape index (κ3) is 4.96. The van der Waals surface area contributed by atoms with Gasteiger partial charge in [-0.1, -0.05) is 0 Å². The molecule has 6 heteroatoms. The van der Waals surface area contributed by atoms with Crippen LogP contribution in [0.1, 0.15) is 1.43 Å². The van der Waals surface area contributed by atoms with Crippen LogP contribution in [0, 0.1) is 0 Å². The minimum absolute atomic E-state index is 0. The monoisotopic (exact) mass is 198 g/mol. The molecular weight excluding hydrogens is 197 g/mol. The van der Waals surface area contributed by atoms with Gasteiger partial charge in [0.05, 0.1) is 0 Å². The Morgan fingerprint density at radius 3 is 1.88 bits per heavy atom. The van der Waals surface area contributed by atoms with Crippen molar-refractivity contribution in [3.63, 3.8) is 0 Å². The van der Waals surface area contributed by atoms with Gasteiger partial charge in [0, 0.05) is 15.9 Å². The first-order valence-corrected chi connectivity index (χ1v) is 2.04. The fourth-order valence-corrected chi connectivity index (χ4v) is 0. The van der Waals surface area contributed by atoms with Gasteiger partial charge in [-0.3, -0.25) is 0 Å². The molecular formula is C2H2BrF2NaO2. The summed E-state index contributed by atoms with van der Waals surface area (Å²) in [6.07, 6.45) is 0. The van der Waals surface area contributed by atoms with Crippen molar-refractivity contribution in [3.05, 3.63) is 0 Å². The number of carboxylic acids is 1. The van der Waals surface area contributed by atoms with Gasteiger partial charge in [0.1, 0.15) is 0 Å². The predicted octanol–water partition coefficient (Wildman–Crippen LogP) is -1.82. The maximum absolute atomic E-state index is 11.2. The van der Waals surface area contributed by atoms with Crippen LogP contribution in [0.5, 0.6) is 0 Å². The molecule has 0 aromatic heterocycles. The first-order chi connectivity index (χ1) is 2.94. The van der Waals surface area contributed by atoms with Crippen LogP contribution in [0.4, 0.5) is 8.78 Å². The van der Waals surface area contributed by atoms with Crippen molar-refractivity contribution in [2.24, 2.45) is 0 Å². The Bertz CT molecular complexity index is 95.1. The third-order valence-electron chi connectivity index (χ3n) is 0.243. The third-order valence-corrected chi connectivity index (χ3v) is 0.582. The molecule has 0 aliphatic rings. The quantitative estimate of drug-likeness (QED) is 0.398. The number of halogens is 3. The summed E-state index contributed by atoms with van der Waals surface area (Å²) in [6.45, 7) is 0. The van der Waals surface area contributed by atoms with E-state index in [-0.39, 0.29) is 31.0 Å². The van der Waals surface area contributed by atoms with Crippen molar-refractivity contribution in [2.45, 2.75) is 4.83 Å². The second kappa shape index (κ2) is 3.76. The molecule has 0 bridgehead atoms. The van der Waals surface area contributed by atoms with Gasteiger partial charge >= 0.3 is 40.4 Å². The number of hydrogen-bond donors (Lipinski definition) is 1. The van der Waals surface area contributed by atoms with Crippen LogP contribution in [-0.2, 0) is 4.79 Å². The van der Waals surface area contributed by atoms with E-state index in [0.29, 0.717) is 0 Å². The van der Waals surface area contributed by atoms with Gasteiger partial charge in [0.25, 0.3) is 0 Å². The molecule has 8 heavy (non-hydrogen) atoms. The van der Waals surface area contributed by atoms with E-state index in [1.807, 2.05) is 0 Å². The molecule has 1 N–H and O–H groups in total. The van der Waals surface area contributed by atoms with Crippen molar-refractivity contribution in [1.29, 1.82) is 0 Å². The van der Waals surface area contributed by atoms with Crippen molar-refractivity contribution < 1.29 is 49.7 Å². The number of carboxylic acid groups (broad SMARTS) is 1. The summed E-state index contributed by atoms with van der Waals surface area (Å²) in [6, 6.07) is 0. The standard InChI is InChI=1S/C2HBrF2O2.Na.H/c3-2(4,5)1(6)7;;/h(H,6,7);;/q;+1;-1. The normalized spacial score (nSPS) is 9.88. The van der Waals surface area contributed by atoms with Crippen molar-refractivity contribution in [3.8, 4) is 0 Å². The second-order valence-corrected chi connectivity index (χ2v) is 1.80. The Hall–Kier alpha value is 0.810. The Morgan fingerprint density at radius 2 is 1.88 bits per heavy atom. The van der Waals surface area contributed by atoms with Crippen LogP contribution in [-0.4, -0.2) is 15.9 Å². The van der Waals surface area contributed by atoms with Crippen LogP contribution in [0.3, 0.4) is 0 Å². The molecule has 0 aliphatic heterocycles. The molecule has 0 rings (SSSR count). The van der Waals surface area contributed by atoms with E-state index in [9.17, 15) is 13.6 Å². The molecule has 2 nitrogen and oxygen atoms in total. The second-order valence-electron chi connectivity index (χ2n) is 0.803. The molecule has 0 spiro atoms. The van der Waals surface area contributed by atoms with Crippen LogP contribution in [0.15, 0.2) is 0 Å². The molecule has 0 heterocycles. The molecule has 0 atom stereocenters. The summed E-state index contributed by atoms with van der Waals surface area (Å²) in [5, 5.41) is 7.45. The molecule has 0 fully saturated rings. The summed E-state index contributed by atoms with van der Waals surface area (Å²) < 4.78 is 22.3. The Labute approximate surface area is 76.2 Å². The van der Waals surface area contributed by atoms with Crippen molar-refractivity contribution in [1.82, 2.24) is 0 Å². The fraction of sp³-hybridized carbons (Fsp3) is 0.500. The average Bonchev–Trinajstić information content (AvgIpc) is 1.31. The molecule has 0 saturated heterocycles. The number of carbonyl (C=O) groups is 1. The van der Waals surface area contributed by atoms with E-state index in [0.717, 1.165) is 0 Å². The molecule has 0 radical (unpaired) electrons. The molecule has 0 amide bonds.